The van der Waals surface area contributed by atoms with E-state index in [1.807, 2.05) is 27.7 Å². The predicted molar refractivity (Wildman–Crippen MR) is 67.8 cm³/mol. The molecule has 0 aliphatic rings. The number of aromatic carboxylic acids is 1. The van der Waals surface area contributed by atoms with Crippen molar-refractivity contribution in [3.63, 3.8) is 0 Å². The van der Waals surface area contributed by atoms with Gasteiger partial charge in [-0.1, -0.05) is 5.22 Å². The van der Waals surface area contributed by atoms with Crippen LogP contribution in [0.25, 0.3) is 0 Å². The standard InChI is InChI=1S/C12H18N4O2/c1-8(2)16(9(3)4)15-14-11-7-13-6-5-10(11)12(17)18/h5-9H,1-4H3,(H,17,18). The van der Waals surface area contributed by atoms with Crippen molar-refractivity contribution < 1.29 is 9.90 Å². The lowest BCUT2D eigenvalue weighted by Crippen LogP contribution is -2.31. The number of carboxylic acids is 1. The first-order valence-electron chi connectivity index (χ1n) is 5.80. The molecule has 0 bridgehead atoms. The normalized spacial score (nSPS) is 11.4. The zero-order chi connectivity index (χ0) is 13.7. The van der Waals surface area contributed by atoms with Crippen LogP contribution in [0.3, 0.4) is 0 Å². The Hall–Kier alpha value is -1.98. The number of rotatable bonds is 5. The van der Waals surface area contributed by atoms with E-state index in [0.717, 1.165) is 0 Å². The second-order valence-electron chi connectivity index (χ2n) is 4.45. The van der Waals surface area contributed by atoms with E-state index in [2.05, 4.69) is 15.3 Å². The van der Waals surface area contributed by atoms with Crippen LogP contribution in [0.5, 0.6) is 0 Å². The molecule has 0 spiro atoms. The summed E-state index contributed by atoms with van der Waals surface area (Å²) in [5.41, 5.74) is 0.359. The zero-order valence-electron chi connectivity index (χ0n) is 11.0. The van der Waals surface area contributed by atoms with Crippen LogP contribution >= 0.6 is 0 Å². The van der Waals surface area contributed by atoms with Crippen molar-refractivity contribution >= 4 is 11.7 Å². The Balaban J connectivity index is 2.99. The lowest BCUT2D eigenvalue weighted by Gasteiger charge is -2.25. The maximum atomic E-state index is 11.0. The van der Waals surface area contributed by atoms with Crippen LogP contribution < -0.4 is 0 Å². The number of carbonyl (C=O) groups is 1. The van der Waals surface area contributed by atoms with Gasteiger partial charge >= 0.3 is 5.97 Å². The molecule has 0 fully saturated rings. The van der Waals surface area contributed by atoms with Gasteiger partial charge in [0.1, 0.15) is 5.69 Å². The third-order valence-corrected chi connectivity index (χ3v) is 2.34. The quantitative estimate of drug-likeness (QED) is 0.643. The van der Waals surface area contributed by atoms with E-state index >= 15 is 0 Å². The minimum absolute atomic E-state index is 0.0983. The Morgan fingerprint density at radius 2 is 1.94 bits per heavy atom. The Morgan fingerprint density at radius 1 is 1.33 bits per heavy atom. The molecule has 1 rings (SSSR count). The van der Waals surface area contributed by atoms with E-state index in [1.54, 1.807) is 5.01 Å². The van der Waals surface area contributed by atoms with E-state index < -0.39 is 5.97 Å². The summed E-state index contributed by atoms with van der Waals surface area (Å²) in [5.74, 6) is -1.04. The second-order valence-corrected chi connectivity index (χ2v) is 4.45. The molecule has 1 aromatic rings. The van der Waals surface area contributed by atoms with Gasteiger partial charge < -0.3 is 5.11 Å². The lowest BCUT2D eigenvalue weighted by atomic mass is 10.2. The van der Waals surface area contributed by atoms with E-state index in [9.17, 15) is 4.79 Å². The molecule has 1 aromatic heterocycles. The Kier molecular flexibility index (Phi) is 4.76. The van der Waals surface area contributed by atoms with Crippen LogP contribution in [-0.2, 0) is 0 Å². The molecule has 0 aromatic carbocycles. The first kappa shape index (κ1) is 14.1. The molecule has 0 saturated carbocycles. The average Bonchev–Trinajstić information content (AvgIpc) is 2.28. The average molecular weight is 250 g/mol. The predicted octanol–water partition coefficient (Wildman–Crippen LogP) is 2.90. The summed E-state index contributed by atoms with van der Waals surface area (Å²) < 4.78 is 0. The highest BCUT2D eigenvalue weighted by atomic mass is 16.4. The van der Waals surface area contributed by atoms with Gasteiger partial charge in [0.25, 0.3) is 0 Å². The first-order valence-corrected chi connectivity index (χ1v) is 5.80. The van der Waals surface area contributed by atoms with E-state index in [-0.39, 0.29) is 23.3 Å². The van der Waals surface area contributed by atoms with Gasteiger partial charge in [-0.25, -0.2) is 4.79 Å². The summed E-state index contributed by atoms with van der Waals surface area (Å²) in [6, 6.07) is 1.79. The highest BCUT2D eigenvalue weighted by Gasteiger charge is 2.12. The summed E-state index contributed by atoms with van der Waals surface area (Å²) in [7, 11) is 0. The topological polar surface area (TPSA) is 78.2 Å². The monoisotopic (exact) mass is 250 g/mol. The van der Waals surface area contributed by atoms with Gasteiger partial charge in [0.05, 0.1) is 11.8 Å². The second kappa shape index (κ2) is 6.09. The Labute approximate surface area is 106 Å². The zero-order valence-corrected chi connectivity index (χ0v) is 11.0. The Morgan fingerprint density at radius 3 is 2.44 bits per heavy atom. The van der Waals surface area contributed by atoms with Gasteiger partial charge in [-0.15, -0.1) is 5.11 Å². The number of hydrogen-bond acceptors (Lipinski definition) is 4. The van der Waals surface area contributed by atoms with Crippen LogP contribution in [0, 0.1) is 0 Å². The SMILES string of the molecule is CC(C)N(N=Nc1cnccc1C(=O)O)C(C)C. The van der Waals surface area contributed by atoms with Gasteiger partial charge in [0.2, 0.25) is 0 Å². The van der Waals surface area contributed by atoms with Gasteiger partial charge in [0.15, 0.2) is 0 Å². The number of hydrogen-bond donors (Lipinski definition) is 1. The summed E-state index contributed by atoms with van der Waals surface area (Å²) in [5, 5.41) is 18.9. The molecule has 6 nitrogen and oxygen atoms in total. The molecular weight excluding hydrogens is 232 g/mol. The number of carboxylic acid groups (broad SMARTS) is 1. The summed E-state index contributed by atoms with van der Waals surface area (Å²) in [6.45, 7) is 8.00. The van der Waals surface area contributed by atoms with Crippen molar-refractivity contribution in [2.45, 2.75) is 39.8 Å². The molecule has 0 unspecified atom stereocenters. The molecule has 98 valence electrons. The number of aromatic nitrogens is 1. The van der Waals surface area contributed by atoms with Gasteiger partial charge in [-0.05, 0) is 33.8 Å². The van der Waals surface area contributed by atoms with E-state index in [0.29, 0.717) is 0 Å². The van der Waals surface area contributed by atoms with Crippen molar-refractivity contribution in [1.82, 2.24) is 9.99 Å². The summed E-state index contributed by atoms with van der Waals surface area (Å²) in [4.78, 5) is 14.9. The minimum atomic E-state index is -1.04. The third-order valence-electron chi connectivity index (χ3n) is 2.34. The largest absolute Gasteiger partial charge is 0.478 e. The molecule has 0 atom stereocenters. The van der Waals surface area contributed by atoms with E-state index in [1.165, 1.54) is 18.5 Å². The van der Waals surface area contributed by atoms with Crippen molar-refractivity contribution in [2.75, 3.05) is 0 Å². The fourth-order valence-electron chi connectivity index (χ4n) is 1.55. The van der Waals surface area contributed by atoms with Gasteiger partial charge in [-0.3, -0.25) is 9.99 Å². The van der Waals surface area contributed by atoms with Crippen molar-refractivity contribution in [3.05, 3.63) is 24.0 Å². The fourth-order valence-corrected chi connectivity index (χ4v) is 1.55. The van der Waals surface area contributed by atoms with Crippen LogP contribution in [-0.4, -0.2) is 33.2 Å². The maximum Gasteiger partial charge on any atom is 0.338 e. The number of pyridine rings is 1. The fraction of sp³-hybridized carbons (Fsp3) is 0.500. The van der Waals surface area contributed by atoms with Gasteiger partial charge in [-0.2, -0.15) is 0 Å². The summed E-state index contributed by atoms with van der Waals surface area (Å²) in [6.07, 6.45) is 2.82. The smallest absolute Gasteiger partial charge is 0.338 e. The number of nitrogens with zero attached hydrogens (tertiary/aromatic N) is 4. The molecule has 6 heteroatoms. The molecule has 0 radical (unpaired) electrons. The first-order chi connectivity index (χ1) is 8.43. The summed E-state index contributed by atoms with van der Waals surface area (Å²) >= 11 is 0. The third kappa shape index (κ3) is 3.51. The highest BCUT2D eigenvalue weighted by molar-refractivity contribution is 5.92. The molecular formula is C12H18N4O2. The molecule has 0 aliphatic heterocycles. The van der Waals surface area contributed by atoms with Crippen LogP contribution in [0.2, 0.25) is 0 Å². The maximum absolute atomic E-state index is 11.0. The minimum Gasteiger partial charge on any atom is -0.478 e. The Bertz CT molecular complexity index is 435. The van der Waals surface area contributed by atoms with Crippen LogP contribution in [0.4, 0.5) is 5.69 Å². The van der Waals surface area contributed by atoms with Crippen LogP contribution in [0.15, 0.2) is 28.8 Å². The molecule has 0 aliphatic carbocycles. The van der Waals surface area contributed by atoms with Crippen molar-refractivity contribution in [2.24, 2.45) is 10.3 Å². The molecule has 0 amide bonds. The molecule has 1 heterocycles. The van der Waals surface area contributed by atoms with Crippen molar-refractivity contribution in [1.29, 1.82) is 0 Å². The molecule has 1 N–H and O–H groups in total. The lowest BCUT2D eigenvalue weighted by molar-refractivity contribution is 0.0697. The van der Waals surface area contributed by atoms with E-state index in [4.69, 9.17) is 5.11 Å². The molecule has 0 saturated heterocycles. The van der Waals surface area contributed by atoms with Gasteiger partial charge in [0, 0.05) is 18.3 Å². The molecule has 18 heavy (non-hydrogen) atoms. The highest BCUT2D eigenvalue weighted by Crippen LogP contribution is 2.19. The van der Waals surface area contributed by atoms with Crippen molar-refractivity contribution in [3.8, 4) is 0 Å². The van der Waals surface area contributed by atoms with Crippen LogP contribution in [0.1, 0.15) is 38.1 Å².